The van der Waals surface area contributed by atoms with E-state index >= 15 is 0 Å². The van der Waals surface area contributed by atoms with E-state index in [9.17, 15) is 0 Å². The van der Waals surface area contributed by atoms with Crippen LogP contribution in [0.1, 0.15) is 17.7 Å². The smallest absolute Gasteiger partial charge is 0.223 e. The van der Waals surface area contributed by atoms with Crippen molar-refractivity contribution in [2.45, 2.75) is 25.7 Å². The third kappa shape index (κ3) is 4.22. The molecule has 128 valence electrons. The van der Waals surface area contributed by atoms with Crippen LogP contribution in [0.5, 0.6) is 0 Å². The van der Waals surface area contributed by atoms with E-state index in [2.05, 4.69) is 20.3 Å². The zero-order valence-corrected chi connectivity index (χ0v) is 13.8. The third-order valence-corrected chi connectivity index (χ3v) is 3.90. The van der Waals surface area contributed by atoms with Crippen LogP contribution in [-0.2, 0) is 22.6 Å². The third-order valence-electron chi connectivity index (χ3n) is 3.61. The van der Waals surface area contributed by atoms with E-state index in [1.165, 1.54) is 0 Å². The second-order valence-electron chi connectivity index (χ2n) is 5.44. The maximum absolute atomic E-state index is 5.89. The maximum Gasteiger partial charge on any atom is 0.223 e. The number of aromatic nitrogens is 3. The van der Waals surface area contributed by atoms with Gasteiger partial charge in [-0.15, -0.1) is 0 Å². The van der Waals surface area contributed by atoms with Crippen molar-refractivity contribution in [3.8, 4) is 0 Å². The summed E-state index contributed by atoms with van der Waals surface area (Å²) in [6.45, 7) is 2.38. The molecule has 0 radical (unpaired) electrons. The van der Waals surface area contributed by atoms with Crippen LogP contribution in [0.3, 0.4) is 0 Å². The molecule has 1 aliphatic heterocycles. The lowest BCUT2D eigenvalue weighted by Gasteiger charge is -2.12. The molecule has 0 aliphatic carbocycles. The van der Waals surface area contributed by atoms with Gasteiger partial charge in [0.25, 0.3) is 0 Å². The number of pyridine rings is 1. The number of anilines is 3. The molecule has 3 rings (SSSR count). The first-order valence-corrected chi connectivity index (χ1v) is 7.95. The topological polar surface area (TPSA) is 121 Å². The molecular formula is C15H19ClN6O2. The minimum atomic E-state index is 0.0607. The Morgan fingerprint density at radius 3 is 3.04 bits per heavy atom. The Bertz CT molecular complexity index is 708. The van der Waals surface area contributed by atoms with Crippen molar-refractivity contribution in [1.29, 1.82) is 0 Å². The lowest BCUT2D eigenvalue weighted by molar-refractivity contribution is 0.0317. The van der Waals surface area contributed by atoms with E-state index in [0.717, 1.165) is 24.3 Å². The van der Waals surface area contributed by atoms with Gasteiger partial charge in [0.15, 0.2) is 11.0 Å². The molecule has 0 spiro atoms. The quantitative estimate of drug-likeness (QED) is 0.672. The van der Waals surface area contributed by atoms with Crippen molar-refractivity contribution < 1.29 is 9.47 Å². The van der Waals surface area contributed by atoms with Crippen LogP contribution < -0.4 is 16.8 Å². The zero-order valence-electron chi connectivity index (χ0n) is 13.0. The van der Waals surface area contributed by atoms with Crippen molar-refractivity contribution >= 4 is 29.1 Å². The fourth-order valence-corrected chi connectivity index (χ4v) is 2.52. The summed E-state index contributed by atoms with van der Waals surface area (Å²) in [6.07, 6.45) is 2.85. The highest BCUT2D eigenvalue weighted by atomic mass is 35.5. The molecule has 3 heterocycles. The normalized spacial score (nSPS) is 17.1. The van der Waals surface area contributed by atoms with Gasteiger partial charge in [0.05, 0.1) is 31.6 Å². The zero-order chi connectivity index (χ0) is 16.9. The van der Waals surface area contributed by atoms with Crippen LogP contribution in [-0.4, -0.2) is 34.3 Å². The average molecular weight is 351 g/mol. The van der Waals surface area contributed by atoms with Crippen LogP contribution in [0.25, 0.3) is 0 Å². The molecule has 1 fully saturated rings. The first kappa shape index (κ1) is 16.7. The molecule has 9 heteroatoms. The Labute approximate surface area is 144 Å². The molecule has 0 bridgehead atoms. The van der Waals surface area contributed by atoms with Gasteiger partial charge in [-0.25, -0.2) is 0 Å². The van der Waals surface area contributed by atoms with Crippen LogP contribution in [0.2, 0.25) is 5.15 Å². The van der Waals surface area contributed by atoms with E-state index < -0.39 is 0 Å². The molecule has 24 heavy (non-hydrogen) atoms. The summed E-state index contributed by atoms with van der Waals surface area (Å²) in [6, 6.07) is 3.89. The number of nitrogens with two attached hydrogens (primary N) is 2. The van der Waals surface area contributed by atoms with Gasteiger partial charge in [-0.05, 0) is 24.1 Å². The molecule has 1 saturated heterocycles. The van der Waals surface area contributed by atoms with Gasteiger partial charge < -0.3 is 26.3 Å². The molecular weight excluding hydrogens is 332 g/mol. The van der Waals surface area contributed by atoms with E-state index in [1.54, 1.807) is 6.20 Å². The van der Waals surface area contributed by atoms with Crippen molar-refractivity contribution in [3.05, 3.63) is 34.7 Å². The minimum Gasteiger partial charge on any atom is -0.393 e. The summed E-state index contributed by atoms with van der Waals surface area (Å²) in [5.74, 6) is 0.449. The molecule has 5 N–H and O–H groups in total. The Morgan fingerprint density at radius 2 is 2.25 bits per heavy atom. The summed E-state index contributed by atoms with van der Waals surface area (Å²) in [4.78, 5) is 12.1. The van der Waals surface area contributed by atoms with E-state index in [-0.39, 0.29) is 22.9 Å². The first-order valence-electron chi connectivity index (χ1n) is 7.57. The maximum atomic E-state index is 5.89. The van der Waals surface area contributed by atoms with Crippen LogP contribution in [0.4, 0.5) is 17.5 Å². The number of hydrogen-bond donors (Lipinski definition) is 3. The van der Waals surface area contributed by atoms with Gasteiger partial charge in [-0.2, -0.15) is 9.97 Å². The Kier molecular flexibility index (Phi) is 5.29. The number of nitrogens with one attached hydrogen (secondary N) is 1. The highest BCUT2D eigenvalue weighted by Crippen LogP contribution is 2.24. The SMILES string of the molecule is Nc1nc(Cl)c(N)c(NCc2cc(CO[C@H]3CCOC3)ccn2)n1. The van der Waals surface area contributed by atoms with E-state index in [4.69, 9.17) is 32.5 Å². The van der Waals surface area contributed by atoms with Gasteiger partial charge in [0.2, 0.25) is 5.95 Å². The predicted molar refractivity (Wildman–Crippen MR) is 91.4 cm³/mol. The molecule has 0 saturated carbocycles. The summed E-state index contributed by atoms with van der Waals surface area (Å²) in [5, 5.41) is 3.20. The Morgan fingerprint density at radius 1 is 1.38 bits per heavy atom. The van der Waals surface area contributed by atoms with Gasteiger partial charge >= 0.3 is 0 Å². The van der Waals surface area contributed by atoms with Crippen LogP contribution in [0, 0.1) is 0 Å². The van der Waals surface area contributed by atoms with Crippen LogP contribution in [0.15, 0.2) is 18.3 Å². The second-order valence-corrected chi connectivity index (χ2v) is 5.80. The van der Waals surface area contributed by atoms with Crippen molar-refractivity contribution in [3.63, 3.8) is 0 Å². The summed E-state index contributed by atoms with van der Waals surface area (Å²) in [5.41, 5.74) is 13.5. The van der Waals surface area contributed by atoms with Crippen molar-refractivity contribution in [2.75, 3.05) is 30.0 Å². The minimum absolute atomic E-state index is 0.0607. The summed E-state index contributed by atoms with van der Waals surface area (Å²) < 4.78 is 11.1. The molecule has 0 amide bonds. The number of hydrogen-bond acceptors (Lipinski definition) is 8. The standard InChI is InChI=1S/C15H19ClN6O2/c16-13-12(17)14(22-15(18)21-13)20-6-10-5-9(1-3-19-10)7-24-11-2-4-23-8-11/h1,3,5,11H,2,4,6-8,17H2,(H3,18,20,21,22)/t11-/m0/s1. The highest BCUT2D eigenvalue weighted by molar-refractivity contribution is 6.32. The first-order chi connectivity index (χ1) is 11.6. The largest absolute Gasteiger partial charge is 0.393 e. The average Bonchev–Trinajstić information content (AvgIpc) is 3.09. The summed E-state index contributed by atoms with van der Waals surface area (Å²) in [7, 11) is 0. The molecule has 8 nitrogen and oxygen atoms in total. The Balaban J connectivity index is 1.60. The number of ether oxygens (including phenoxy) is 2. The molecule has 0 aromatic carbocycles. The molecule has 0 unspecified atom stereocenters. The predicted octanol–water partition coefficient (Wildman–Crippen LogP) is 1.61. The lowest BCUT2D eigenvalue weighted by atomic mass is 10.2. The fraction of sp³-hybridized carbons (Fsp3) is 0.400. The van der Waals surface area contributed by atoms with Gasteiger partial charge in [-0.1, -0.05) is 11.6 Å². The molecule has 1 atom stereocenters. The van der Waals surface area contributed by atoms with Crippen molar-refractivity contribution in [1.82, 2.24) is 15.0 Å². The number of nitrogens with zero attached hydrogens (tertiary/aromatic N) is 3. The number of nitrogen functional groups attached to an aromatic ring is 2. The van der Waals surface area contributed by atoms with Crippen molar-refractivity contribution in [2.24, 2.45) is 0 Å². The Hall–Kier alpha value is -2.16. The van der Waals surface area contributed by atoms with Crippen LogP contribution >= 0.6 is 11.6 Å². The lowest BCUT2D eigenvalue weighted by Crippen LogP contribution is -2.12. The van der Waals surface area contributed by atoms with Gasteiger partial charge in [0, 0.05) is 12.8 Å². The summed E-state index contributed by atoms with van der Waals surface area (Å²) >= 11 is 5.89. The second kappa shape index (κ2) is 7.61. The molecule has 2 aromatic heterocycles. The monoisotopic (exact) mass is 350 g/mol. The fourth-order valence-electron chi connectivity index (χ4n) is 2.34. The van der Waals surface area contributed by atoms with Gasteiger partial charge in [0.1, 0.15) is 5.69 Å². The highest BCUT2D eigenvalue weighted by Gasteiger charge is 2.16. The van der Waals surface area contributed by atoms with E-state index in [0.29, 0.717) is 25.6 Å². The number of halogens is 1. The molecule has 1 aliphatic rings. The van der Waals surface area contributed by atoms with Gasteiger partial charge in [-0.3, -0.25) is 4.98 Å². The van der Waals surface area contributed by atoms with E-state index in [1.807, 2.05) is 12.1 Å². The molecule has 2 aromatic rings. The number of rotatable bonds is 6.